The van der Waals surface area contributed by atoms with Crippen molar-refractivity contribution in [3.63, 3.8) is 0 Å². The van der Waals surface area contributed by atoms with E-state index in [2.05, 4.69) is 41.6 Å². The standard InChI is InChI=1S/C15H21ClN2O/c1-3-8-19-9-4-7-18-14-6-5-12(2)10-13(14)17-15(18)11-16/h5-6,10H,3-4,7-9,11H2,1-2H3. The topological polar surface area (TPSA) is 27.1 Å². The molecule has 0 unspecified atom stereocenters. The number of nitrogens with zero attached hydrogens (tertiary/aromatic N) is 2. The maximum atomic E-state index is 5.99. The lowest BCUT2D eigenvalue weighted by atomic mass is 10.2. The van der Waals surface area contributed by atoms with E-state index in [0.717, 1.165) is 49.5 Å². The predicted molar refractivity (Wildman–Crippen MR) is 79.8 cm³/mol. The Labute approximate surface area is 119 Å². The summed E-state index contributed by atoms with van der Waals surface area (Å²) in [6.45, 7) is 6.74. The molecule has 0 aliphatic carbocycles. The number of rotatable bonds is 7. The van der Waals surface area contributed by atoms with Crippen molar-refractivity contribution in [3.05, 3.63) is 29.6 Å². The molecular weight excluding hydrogens is 260 g/mol. The number of fused-ring (bicyclic) bond motifs is 1. The van der Waals surface area contributed by atoms with E-state index in [1.807, 2.05) is 0 Å². The highest BCUT2D eigenvalue weighted by atomic mass is 35.5. The summed E-state index contributed by atoms with van der Waals surface area (Å²) in [4.78, 5) is 4.60. The second kappa shape index (κ2) is 6.92. The molecule has 0 fully saturated rings. The lowest BCUT2D eigenvalue weighted by Crippen LogP contribution is -2.06. The predicted octanol–water partition coefficient (Wildman–Crippen LogP) is 3.90. The van der Waals surface area contributed by atoms with Crippen molar-refractivity contribution in [3.8, 4) is 0 Å². The van der Waals surface area contributed by atoms with Gasteiger partial charge in [0.1, 0.15) is 5.82 Å². The molecule has 2 rings (SSSR count). The first-order valence-corrected chi connectivity index (χ1v) is 7.39. The number of aryl methyl sites for hydroxylation is 2. The van der Waals surface area contributed by atoms with Crippen molar-refractivity contribution >= 4 is 22.6 Å². The Kier molecular flexibility index (Phi) is 5.23. The first kappa shape index (κ1) is 14.4. The minimum absolute atomic E-state index is 0.448. The SMILES string of the molecule is CCCOCCCn1c(CCl)nc2cc(C)ccc21. The first-order valence-electron chi connectivity index (χ1n) is 6.85. The van der Waals surface area contributed by atoms with Crippen molar-refractivity contribution in [1.29, 1.82) is 0 Å². The summed E-state index contributed by atoms with van der Waals surface area (Å²) in [5.74, 6) is 1.39. The van der Waals surface area contributed by atoms with Crippen LogP contribution < -0.4 is 0 Å². The number of benzene rings is 1. The van der Waals surface area contributed by atoms with Crippen LogP contribution >= 0.6 is 11.6 Å². The van der Waals surface area contributed by atoms with Gasteiger partial charge in [-0.1, -0.05) is 13.0 Å². The van der Waals surface area contributed by atoms with Crippen molar-refractivity contribution in [1.82, 2.24) is 9.55 Å². The molecule has 0 aliphatic rings. The molecule has 0 aliphatic heterocycles. The van der Waals surface area contributed by atoms with Crippen molar-refractivity contribution in [2.75, 3.05) is 13.2 Å². The lowest BCUT2D eigenvalue weighted by Gasteiger charge is -2.08. The fraction of sp³-hybridized carbons (Fsp3) is 0.533. The van der Waals surface area contributed by atoms with Crippen molar-refractivity contribution < 1.29 is 4.74 Å². The van der Waals surface area contributed by atoms with Crippen molar-refractivity contribution in [2.45, 2.75) is 39.1 Å². The van der Waals surface area contributed by atoms with E-state index in [4.69, 9.17) is 16.3 Å². The zero-order chi connectivity index (χ0) is 13.7. The van der Waals surface area contributed by atoms with Gasteiger partial charge in [0.15, 0.2) is 0 Å². The molecule has 0 spiro atoms. The molecule has 0 saturated heterocycles. The van der Waals surface area contributed by atoms with Crippen LogP contribution in [0.3, 0.4) is 0 Å². The Bertz CT molecular complexity index is 536. The highest BCUT2D eigenvalue weighted by Crippen LogP contribution is 2.19. The number of ether oxygens (including phenoxy) is 1. The van der Waals surface area contributed by atoms with Crippen LogP contribution in [0.4, 0.5) is 0 Å². The van der Waals surface area contributed by atoms with Gasteiger partial charge in [0.25, 0.3) is 0 Å². The average Bonchev–Trinajstić information content (AvgIpc) is 2.75. The summed E-state index contributed by atoms with van der Waals surface area (Å²) in [6, 6.07) is 6.35. The molecule has 0 atom stereocenters. The summed E-state index contributed by atoms with van der Waals surface area (Å²) >= 11 is 5.99. The fourth-order valence-corrected chi connectivity index (χ4v) is 2.42. The normalized spacial score (nSPS) is 11.3. The molecule has 0 N–H and O–H groups in total. The van der Waals surface area contributed by atoms with Crippen LogP contribution in [-0.2, 0) is 17.2 Å². The maximum absolute atomic E-state index is 5.99. The van der Waals surface area contributed by atoms with Gasteiger partial charge in [0, 0.05) is 19.8 Å². The zero-order valence-corrected chi connectivity index (χ0v) is 12.4. The molecule has 1 aromatic carbocycles. The van der Waals surface area contributed by atoms with E-state index in [0.29, 0.717) is 5.88 Å². The molecule has 2 aromatic rings. The van der Waals surface area contributed by atoms with E-state index < -0.39 is 0 Å². The summed E-state index contributed by atoms with van der Waals surface area (Å²) < 4.78 is 7.72. The summed E-state index contributed by atoms with van der Waals surface area (Å²) in [6.07, 6.45) is 2.06. The minimum Gasteiger partial charge on any atom is -0.381 e. The molecule has 19 heavy (non-hydrogen) atoms. The number of aromatic nitrogens is 2. The fourth-order valence-electron chi connectivity index (χ4n) is 2.21. The molecule has 0 bridgehead atoms. The Morgan fingerprint density at radius 2 is 2.16 bits per heavy atom. The average molecular weight is 281 g/mol. The van der Waals surface area contributed by atoms with Crippen LogP contribution in [0.5, 0.6) is 0 Å². The molecule has 1 aromatic heterocycles. The quantitative estimate of drug-likeness (QED) is 0.568. The molecule has 0 saturated carbocycles. The second-order valence-electron chi connectivity index (χ2n) is 4.77. The molecule has 4 heteroatoms. The summed E-state index contributed by atoms with van der Waals surface area (Å²) in [7, 11) is 0. The monoisotopic (exact) mass is 280 g/mol. The third-order valence-electron chi connectivity index (χ3n) is 3.12. The highest BCUT2D eigenvalue weighted by molar-refractivity contribution is 6.16. The van der Waals surface area contributed by atoms with Crippen LogP contribution in [0.15, 0.2) is 18.2 Å². The van der Waals surface area contributed by atoms with Gasteiger partial charge in [-0.2, -0.15) is 0 Å². The highest BCUT2D eigenvalue weighted by Gasteiger charge is 2.09. The van der Waals surface area contributed by atoms with Gasteiger partial charge in [0.2, 0.25) is 0 Å². The number of imidazole rings is 1. The van der Waals surface area contributed by atoms with E-state index in [1.165, 1.54) is 5.56 Å². The smallest absolute Gasteiger partial charge is 0.124 e. The molecule has 104 valence electrons. The Hall–Kier alpha value is -1.06. The van der Waals surface area contributed by atoms with Crippen LogP contribution in [0, 0.1) is 6.92 Å². The number of hydrogen-bond acceptors (Lipinski definition) is 2. The van der Waals surface area contributed by atoms with Crippen molar-refractivity contribution in [2.24, 2.45) is 0 Å². The second-order valence-corrected chi connectivity index (χ2v) is 5.04. The Balaban J connectivity index is 2.11. The van der Waals surface area contributed by atoms with E-state index >= 15 is 0 Å². The van der Waals surface area contributed by atoms with Gasteiger partial charge in [-0.05, 0) is 37.5 Å². The van der Waals surface area contributed by atoms with Gasteiger partial charge < -0.3 is 9.30 Å². The molecule has 3 nitrogen and oxygen atoms in total. The van der Waals surface area contributed by atoms with Gasteiger partial charge in [0.05, 0.1) is 16.9 Å². The molecule has 1 heterocycles. The minimum atomic E-state index is 0.448. The van der Waals surface area contributed by atoms with Crippen LogP contribution in [0.25, 0.3) is 11.0 Å². The van der Waals surface area contributed by atoms with Crippen LogP contribution in [0.2, 0.25) is 0 Å². The first-order chi connectivity index (χ1) is 9.26. The summed E-state index contributed by atoms with van der Waals surface area (Å²) in [5.41, 5.74) is 3.42. The number of halogens is 1. The third-order valence-corrected chi connectivity index (χ3v) is 3.36. The Morgan fingerprint density at radius 1 is 1.32 bits per heavy atom. The van der Waals surface area contributed by atoms with Gasteiger partial charge in [-0.3, -0.25) is 0 Å². The largest absolute Gasteiger partial charge is 0.381 e. The van der Waals surface area contributed by atoms with Gasteiger partial charge in [-0.15, -0.1) is 11.6 Å². The van der Waals surface area contributed by atoms with E-state index in [-0.39, 0.29) is 0 Å². The van der Waals surface area contributed by atoms with E-state index in [9.17, 15) is 0 Å². The molecule has 0 radical (unpaired) electrons. The third kappa shape index (κ3) is 3.48. The maximum Gasteiger partial charge on any atom is 0.124 e. The number of hydrogen-bond donors (Lipinski definition) is 0. The molecule has 0 amide bonds. The number of alkyl halides is 1. The van der Waals surface area contributed by atoms with E-state index in [1.54, 1.807) is 0 Å². The lowest BCUT2D eigenvalue weighted by molar-refractivity contribution is 0.129. The van der Waals surface area contributed by atoms with Crippen LogP contribution in [0.1, 0.15) is 31.2 Å². The van der Waals surface area contributed by atoms with Gasteiger partial charge in [-0.25, -0.2) is 4.98 Å². The molecular formula is C15H21ClN2O. The zero-order valence-electron chi connectivity index (χ0n) is 11.7. The summed E-state index contributed by atoms with van der Waals surface area (Å²) in [5, 5.41) is 0. The van der Waals surface area contributed by atoms with Gasteiger partial charge >= 0.3 is 0 Å². The van der Waals surface area contributed by atoms with Crippen LogP contribution in [-0.4, -0.2) is 22.8 Å². The Morgan fingerprint density at radius 3 is 2.89 bits per heavy atom.